The van der Waals surface area contributed by atoms with Gasteiger partial charge in [-0.05, 0) is 73.0 Å². The second kappa shape index (κ2) is 9.87. The molecule has 7 nitrogen and oxygen atoms in total. The van der Waals surface area contributed by atoms with E-state index >= 15 is 0 Å². The average Bonchev–Trinajstić information content (AvgIpc) is 2.88. The Labute approximate surface area is 211 Å². The maximum absolute atomic E-state index is 13.2. The van der Waals surface area contributed by atoms with Crippen LogP contribution in [0.3, 0.4) is 0 Å². The van der Waals surface area contributed by atoms with Gasteiger partial charge in [-0.3, -0.25) is 14.5 Å². The van der Waals surface area contributed by atoms with Crippen LogP contribution < -0.4 is 10.2 Å². The SMILES string of the molecule is CN1C(=O)CS(=O)(=O)c2ccc(NC(=O)c3ccc(-c4ccccc4)c(CN4CCCCC4)c3)cc21. The average molecular weight is 504 g/mol. The van der Waals surface area contributed by atoms with Crippen molar-refractivity contribution in [1.29, 1.82) is 0 Å². The Morgan fingerprint density at radius 1 is 0.944 bits per heavy atom. The van der Waals surface area contributed by atoms with Crippen molar-refractivity contribution in [2.75, 3.05) is 36.1 Å². The van der Waals surface area contributed by atoms with Crippen LogP contribution in [-0.4, -0.2) is 51.0 Å². The number of likely N-dealkylation sites (tertiary alicyclic amines) is 1. The van der Waals surface area contributed by atoms with Gasteiger partial charge in [0.1, 0.15) is 5.75 Å². The molecule has 186 valence electrons. The summed E-state index contributed by atoms with van der Waals surface area (Å²) in [5.74, 6) is -1.33. The van der Waals surface area contributed by atoms with E-state index in [1.54, 1.807) is 6.07 Å². The van der Waals surface area contributed by atoms with Crippen LogP contribution in [0.4, 0.5) is 11.4 Å². The summed E-state index contributed by atoms with van der Waals surface area (Å²) in [5, 5.41) is 2.88. The molecule has 1 saturated heterocycles. The van der Waals surface area contributed by atoms with E-state index in [9.17, 15) is 18.0 Å². The highest BCUT2D eigenvalue weighted by molar-refractivity contribution is 7.92. The second-order valence-corrected chi connectivity index (χ2v) is 11.4. The normalized spacial score (nSPS) is 17.5. The Kier molecular flexibility index (Phi) is 6.64. The number of nitrogens with one attached hydrogen (secondary N) is 1. The number of hydrogen-bond donors (Lipinski definition) is 1. The van der Waals surface area contributed by atoms with Crippen LogP contribution in [0.1, 0.15) is 35.2 Å². The first-order valence-electron chi connectivity index (χ1n) is 12.2. The molecule has 36 heavy (non-hydrogen) atoms. The molecule has 2 amide bonds. The number of anilines is 2. The predicted molar refractivity (Wildman–Crippen MR) is 141 cm³/mol. The van der Waals surface area contributed by atoms with E-state index in [0.717, 1.165) is 36.3 Å². The number of hydrogen-bond acceptors (Lipinski definition) is 5. The van der Waals surface area contributed by atoms with Crippen molar-refractivity contribution >= 4 is 33.0 Å². The summed E-state index contributed by atoms with van der Waals surface area (Å²) in [6, 6.07) is 20.5. The van der Waals surface area contributed by atoms with Gasteiger partial charge in [0.25, 0.3) is 5.91 Å². The minimum atomic E-state index is -3.68. The molecule has 0 radical (unpaired) electrons. The molecule has 0 spiro atoms. The van der Waals surface area contributed by atoms with E-state index in [-0.39, 0.29) is 16.5 Å². The van der Waals surface area contributed by atoms with E-state index in [0.29, 0.717) is 11.3 Å². The smallest absolute Gasteiger partial charge is 0.255 e. The molecule has 3 aromatic carbocycles. The Morgan fingerprint density at radius 2 is 1.69 bits per heavy atom. The third kappa shape index (κ3) is 4.92. The fourth-order valence-corrected chi connectivity index (χ4v) is 6.38. The van der Waals surface area contributed by atoms with Crippen molar-refractivity contribution < 1.29 is 18.0 Å². The van der Waals surface area contributed by atoms with E-state index in [2.05, 4.69) is 22.3 Å². The van der Waals surface area contributed by atoms with Gasteiger partial charge in [-0.25, -0.2) is 8.42 Å². The van der Waals surface area contributed by atoms with Gasteiger partial charge < -0.3 is 10.2 Å². The van der Waals surface area contributed by atoms with E-state index < -0.39 is 21.5 Å². The van der Waals surface area contributed by atoms with E-state index in [1.807, 2.05) is 36.4 Å². The molecule has 5 rings (SSSR count). The molecular weight excluding hydrogens is 474 g/mol. The maximum atomic E-state index is 13.2. The monoisotopic (exact) mass is 503 g/mol. The Bertz CT molecular complexity index is 1410. The molecule has 8 heteroatoms. The topological polar surface area (TPSA) is 86.8 Å². The summed E-state index contributed by atoms with van der Waals surface area (Å²) >= 11 is 0. The fraction of sp³-hybridized carbons (Fsp3) is 0.286. The first-order valence-corrected chi connectivity index (χ1v) is 13.8. The number of fused-ring (bicyclic) bond motifs is 1. The van der Waals surface area contributed by atoms with E-state index in [1.165, 1.54) is 43.3 Å². The van der Waals surface area contributed by atoms with Crippen LogP contribution in [0, 0.1) is 0 Å². The van der Waals surface area contributed by atoms with Crippen molar-refractivity contribution in [3.8, 4) is 11.1 Å². The molecule has 0 unspecified atom stereocenters. The van der Waals surface area contributed by atoms with Gasteiger partial charge in [0.2, 0.25) is 5.91 Å². The third-order valence-corrected chi connectivity index (χ3v) is 8.54. The third-order valence-electron chi connectivity index (χ3n) is 6.90. The summed E-state index contributed by atoms with van der Waals surface area (Å²) in [7, 11) is -2.14. The van der Waals surface area contributed by atoms with Crippen molar-refractivity contribution in [3.05, 3.63) is 77.9 Å². The maximum Gasteiger partial charge on any atom is 0.255 e. The molecule has 1 fully saturated rings. The standard InChI is InChI=1S/C28H29N3O4S/c1-30-25-17-23(11-13-26(25)36(34,35)19-27(30)32)29-28(33)21-10-12-24(20-8-4-2-5-9-20)22(16-21)18-31-14-6-3-7-15-31/h2,4-5,8-13,16-17H,3,6-7,14-15,18-19H2,1H3,(H,29,33). The summed E-state index contributed by atoms with van der Waals surface area (Å²) in [6.07, 6.45) is 3.63. The number of amides is 2. The number of rotatable bonds is 5. The van der Waals surface area contributed by atoms with Gasteiger partial charge in [-0.1, -0.05) is 42.8 Å². The molecule has 0 atom stereocenters. The molecule has 1 N–H and O–H groups in total. The quantitative estimate of drug-likeness (QED) is 0.560. The Balaban J connectivity index is 1.44. The minimum absolute atomic E-state index is 0.0960. The summed E-state index contributed by atoms with van der Waals surface area (Å²) in [4.78, 5) is 29.2. The van der Waals surface area contributed by atoms with Crippen molar-refractivity contribution in [3.63, 3.8) is 0 Å². The van der Waals surface area contributed by atoms with Crippen LogP contribution in [0.5, 0.6) is 0 Å². The number of carbonyl (C=O) groups is 2. The lowest BCUT2D eigenvalue weighted by Gasteiger charge is -2.27. The number of benzene rings is 3. The zero-order valence-corrected chi connectivity index (χ0v) is 21.1. The molecule has 2 aliphatic heterocycles. The first kappa shape index (κ1) is 24.2. The molecule has 2 aliphatic rings. The Hall–Kier alpha value is -3.49. The highest BCUT2D eigenvalue weighted by atomic mass is 32.2. The van der Waals surface area contributed by atoms with Crippen molar-refractivity contribution in [2.24, 2.45) is 0 Å². The van der Waals surface area contributed by atoms with Crippen LogP contribution >= 0.6 is 0 Å². The molecule has 0 saturated carbocycles. The van der Waals surface area contributed by atoms with Gasteiger partial charge in [-0.2, -0.15) is 0 Å². The minimum Gasteiger partial charge on any atom is -0.322 e. The van der Waals surface area contributed by atoms with Gasteiger partial charge in [0.15, 0.2) is 9.84 Å². The van der Waals surface area contributed by atoms with Gasteiger partial charge in [-0.15, -0.1) is 0 Å². The van der Waals surface area contributed by atoms with Crippen molar-refractivity contribution in [2.45, 2.75) is 30.7 Å². The lowest BCUT2D eigenvalue weighted by Crippen LogP contribution is -2.38. The van der Waals surface area contributed by atoms with Gasteiger partial charge >= 0.3 is 0 Å². The highest BCUT2D eigenvalue weighted by Gasteiger charge is 2.33. The highest BCUT2D eigenvalue weighted by Crippen LogP contribution is 2.33. The number of carbonyl (C=O) groups excluding carboxylic acids is 2. The zero-order valence-electron chi connectivity index (χ0n) is 20.2. The number of sulfone groups is 1. The summed E-state index contributed by atoms with van der Waals surface area (Å²) < 4.78 is 24.8. The molecular formula is C28H29N3O4S. The number of piperidine rings is 1. The second-order valence-electron chi connectivity index (χ2n) is 9.42. The molecule has 0 aliphatic carbocycles. The van der Waals surface area contributed by atoms with Crippen LogP contribution in [0.2, 0.25) is 0 Å². The molecule has 0 aromatic heterocycles. The fourth-order valence-electron chi connectivity index (χ4n) is 4.92. The zero-order chi connectivity index (χ0) is 25.3. The summed E-state index contributed by atoms with van der Waals surface area (Å²) in [5.41, 5.74) is 4.54. The lowest BCUT2D eigenvalue weighted by atomic mass is 9.96. The van der Waals surface area contributed by atoms with Gasteiger partial charge in [0, 0.05) is 24.8 Å². The van der Waals surface area contributed by atoms with Crippen LogP contribution in [-0.2, 0) is 21.2 Å². The first-order chi connectivity index (χ1) is 17.3. The lowest BCUT2D eigenvalue weighted by molar-refractivity contribution is -0.116. The predicted octanol–water partition coefficient (Wildman–Crippen LogP) is 4.34. The Morgan fingerprint density at radius 3 is 2.44 bits per heavy atom. The van der Waals surface area contributed by atoms with Crippen molar-refractivity contribution in [1.82, 2.24) is 4.90 Å². The van der Waals surface area contributed by atoms with Gasteiger partial charge in [0.05, 0.1) is 10.6 Å². The molecule has 0 bridgehead atoms. The molecule has 2 heterocycles. The molecule has 3 aromatic rings. The van der Waals surface area contributed by atoms with Crippen LogP contribution in [0.15, 0.2) is 71.6 Å². The largest absolute Gasteiger partial charge is 0.322 e. The van der Waals surface area contributed by atoms with Crippen LogP contribution in [0.25, 0.3) is 11.1 Å². The summed E-state index contributed by atoms with van der Waals surface area (Å²) in [6.45, 7) is 2.87. The van der Waals surface area contributed by atoms with E-state index in [4.69, 9.17) is 0 Å². The number of nitrogens with zero attached hydrogens (tertiary/aromatic N) is 2.